The fraction of sp³-hybridized carbons (Fsp3) is 0.769. The number of ether oxygens (including phenoxy) is 1. The number of nitrogens with two attached hydrogens (primary N) is 1. The SMILES string of the molecule is CCCc1nn(C)c(OCC(N)(CC)CC)c1[N+](=O)[O-]. The van der Waals surface area contributed by atoms with Gasteiger partial charge in [0.25, 0.3) is 5.88 Å². The lowest BCUT2D eigenvalue weighted by Gasteiger charge is -2.26. The molecule has 1 rings (SSSR count). The summed E-state index contributed by atoms with van der Waals surface area (Å²) in [5, 5.41) is 15.4. The molecule has 7 heteroatoms. The Bertz CT molecular complexity index is 466. The van der Waals surface area contributed by atoms with Crippen molar-refractivity contribution in [1.29, 1.82) is 0 Å². The minimum absolute atomic E-state index is 0.0380. The van der Waals surface area contributed by atoms with Gasteiger partial charge in [0.15, 0.2) is 0 Å². The van der Waals surface area contributed by atoms with Crippen molar-refractivity contribution in [2.45, 2.75) is 52.0 Å². The highest BCUT2D eigenvalue weighted by Gasteiger charge is 2.30. The summed E-state index contributed by atoms with van der Waals surface area (Å²) in [6.45, 7) is 6.16. The lowest BCUT2D eigenvalue weighted by Crippen LogP contribution is -2.44. The fourth-order valence-corrected chi connectivity index (χ4v) is 1.97. The highest BCUT2D eigenvalue weighted by atomic mass is 16.6. The van der Waals surface area contributed by atoms with Crippen molar-refractivity contribution in [2.24, 2.45) is 12.8 Å². The van der Waals surface area contributed by atoms with Gasteiger partial charge in [0, 0.05) is 12.6 Å². The molecule has 0 amide bonds. The third-order valence-electron chi connectivity index (χ3n) is 3.61. The van der Waals surface area contributed by atoms with Crippen LogP contribution < -0.4 is 10.5 Å². The first-order valence-corrected chi connectivity index (χ1v) is 7.00. The van der Waals surface area contributed by atoms with Crippen LogP contribution in [-0.2, 0) is 13.5 Å². The third kappa shape index (κ3) is 3.47. The highest BCUT2D eigenvalue weighted by molar-refractivity contribution is 5.46. The van der Waals surface area contributed by atoms with E-state index < -0.39 is 10.5 Å². The van der Waals surface area contributed by atoms with Crippen LogP contribution in [0.5, 0.6) is 5.88 Å². The molecular weight excluding hydrogens is 260 g/mol. The zero-order chi connectivity index (χ0) is 15.3. The smallest absolute Gasteiger partial charge is 0.353 e. The first-order valence-electron chi connectivity index (χ1n) is 7.00. The second kappa shape index (κ2) is 6.69. The van der Waals surface area contributed by atoms with Gasteiger partial charge in [-0.2, -0.15) is 5.10 Å². The van der Waals surface area contributed by atoms with Gasteiger partial charge >= 0.3 is 5.69 Å². The van der Waals surface area contributed by atoms with Crippen LogP contribution in [0.15, 0.2) is 0 Å². The summed E-state index contributed by atoms with van der Waals surface area (Å²) in [6, 6.07) is 0. The molecule has 1 heterocycles. The summed E-state index contributed by atoms with van der Waals surface area (Å²) >= 11 is 0. The van der Waals surface area contributed by atoms with E-state index in [1.807, 2.05) is 20.8 Å². The van der Waals surface area contributed by atoms with Crippen LogP contribution in [0.25, 0.3) is 0 Å². The van der Waals surface area contributed by atoms with Gasteiger partial charge in [-0.1, -0.05) is 27.2 Å². The monoisotopic (exact) mass is 284 g/mol. The number of aryl methyl sites for hydroxylation is 2. The molecule has 0 aromatic carbocycles. The topological polar surface area (TPSA) is 96.2 Å². The fourth-order valence-electron chi connectivity index (χ4n) is 1.97. The molecular formula is C13H24N4O3. The summed E-state index contributed by atoms with van der Waals surface area (Å²) < 4.78 is 7.06. The van der Waals surface area contributed by atoms with Crippen LogP contribution >= 0.6 is 0 Å². The van der Waals surface area contributed by atoms with E-state index in [0.29, 0.717) is 12.1 Å². The summed E-state index contributed by atoms with van der Waals surface area (Å²) in [5.74, 6) is 0.190. The maximum atomic E-state index is 11.2. The van der Waals surface area contributed by atoms with Gasteiger partial charge in [0.2, 0.25) is 0 Å². The molecule has 0 spiro atoms. The first-order chi connectivity index (χ1) is 9.38. The Labute approximate surface area is 119 Å². The Hall–Kier alpha value is -1.63. The number of hydrogen-bond donors (Lipinski definition) is 1. The van der Waals surface area contributed by atoms with Crippen molar-refractivity contribution in [3.8, 4) is 5.88 Å². The third-order valence-corrected chi connectivity index (χ3v) is 3.61. The van der Waals surface area contributed by atoms with E-state index >= 15 is 0 Å². The maximum Gasteiger partial charge on any atom is 0.353 e. The van der Waals surface area contributed by atoms with Crippen molar-refractivity contribution in [2.75, 3.05) is 6.61 Å². The van der Waals surface area contributed by atoms with Crippen LogP contribution in [0.2, 0.25) is 0 Å². The Morgan fingerprint density at radius 2 is 2.00 bits per heavy atom. The van der Waals surface area contributed by atoms with Gasteiger partial charge in [-0.15, -0.1) is 0 Å². The molecule has 114 valence electrons. The number of nitro groups is 1. The molecule has 0 atom stereocenters. The molecule has 0 bridgehead atoms. The standard InChI is InChI=1S/C13H24N4O3/c1-5-8-10-11(17(18)19)12(16(4)15-10)20-9-13(14,6-2)7-3/h5-9,14H2,1-4H3. The predicted molar refractivity (Wildman–Crippen MR) is 76.9 cm³/mol. The number of aromatic nitrogens is 2. The Balaban J connectivity index is 3.02. The van der Waals surface area contributed by atoms with Crippen LogP contribution in [0.1, 0.15) is 45.7 Å². The molecule has 7 nitrogen and oxygen atoms in total. The van der Waals surface area contributed by atoms with Crippen LogP contribution in [0, 0.1) is 10.1 Å². The Morgan fingerprint density at radius 1 is 1.40 bits per heavy atom. The molecule has 0 saturated carbocycles. The van der Waals surface area contributed by atoms with E-state index in [9.17, 15) is 10.1 Å². The lowest BCUT2D eigenvalue weighted by atomic mass is 9.96. The minimum Gasteiger partial charge on any atom is -0.471 e. The summed E-state index contributed by atoms with van der Waals surface area (Å²) in [7, 11) is 1.65. The van der Waals surface area contributed by atoms with Gasteiger partial charge in [0.05, 0.1) is 4.92 Å². The number of nitrogens with zero attached hydrogens (tertiary/aromatic N) is 3. The number of hydrogen-bond acceptors (Lipinski definition) is 5. The van der Waals surface area contributed by atoms with Gasteiger partial charge in [0.1, 0.15) is 12.3 Å². The zero-order valence-corrected chi connectivity index (χ0v) is 12.7. The summed E-state index contributed by atoms with van der Waals surface area (Å²) in [6.07, 6.45) is 2.85. The zero-order valence-electron chi connectivity index (χ0n) is 12.7. The highest BCUT2D eigenvalue weighted by Crippen LogP contribution is 2.31. The normalized spacial score (nSPS) is 11.7. The summed E-state index contributed by atoms with van der Waals surface area (Å²) in [5.41, 5.74) is 6.12. The molecule has 0 unspecified atom stereocenters. The van der Waals surface area contributed by atoms with E-state index in [4.69, 9.17) is 10.5 Å². The predicted octanol–water partition coefficient (Wildman–Crippen LogP) is 2.18. The van der Waals surface area contributed by atoms with Crippen LogP contribution in [0.4, 0.5) is 5.69 Å². The van der Waals surface area contributed by atoms with Gasteiger partial charge in [-0.05, 0) is 19.3 Å². The molecule has 0 fully saturated rings. The van der Waals surface area contributed by atoms with E-state index in [-0.39, 0.29) is 18.2 Å². The van der Waals surface area contributed by atoms with E-state index in [2.05, 4.69) is 5.10 Å². The molecule has 0 saturated heterocycles. The molecule has 0 aliphatic carbocycles. The van der Waals surface area contributed by atoms with Crippen molar-refractivity contribution < 1.29 is 9.66 Å². The second-order valence-corrected chi connectivity index (χ2v) is 5.09. The molecule has 1 aromatic rings. The molecule has 0 aliphatic heterocycles. The minimum atomic E-state index is -0.469. The van der Waals surface area contributed by atoms with Gasteiger partial charge in [-0.3, -0.25) is 10.1 Å². The largest absolute Gasteiger partial charge is 0.471 e. The van der Waals surface area contributed by atoms with E-state index in [0.717, 1.165) is 19.3 Å². The van der Waals surface area contributed by atoms with Crippen molar-refractivity contribution in [3.63, 3.8) is 0 Å². The Morgan fingerprint density at radius 3 is 2.45 bits per heavy atom. The quantitative estimate of drug-likeness (QED) is 0.583. The van der Waals surface area contributed by atoms with Crippen molar-refractivity contribution in [1.82, 2.24) is 9.78 Å². The van der Waals surface area contributed by atoms with Crippen LogP contribution in [0.3, 0.4) is 0 Å². The van der Waals surface area contributed by atoms with Crippen molar-refractivity contribution in [3.05, 3.63) is 15.8 Å². The average molecular weight is 284 g/mol. The first kappa shape index (κ1) is 16.4. The summed E-state index contributed by atoms with van der Waals surface area (Å²) in [4.78, 5) is 10.8. The molecule has 2 N–H and O–H groups in total. The molecule has 1 aromatic heterocycles. The molecule has 20 heavy (non-hydrogen) atoms. The molecule has 0 radical (unpaired) electrons. The molecule has 0 aliphatic rings. The maximum absolute atomic E-state index is 11.2. The second-order valence-electron chi connectivity index (χ2n) is 5.09. The number of rotatable bonds is 8. The van der Waals surface area contributed by atoms with Crippen molar-refractivity contribution >= 4 is 5.69 Å². The van der Waals surface area contributed by atoms with E-state index in [1.165, 1.54) is 4.68 Å². The lowest BCUT2D eigenvalue weighted by molar-refractivity contribution is -0.386. The average Bonchev–Trinajstić information content (AvgIpc) is 2.72. The van der Waals surface area contributed by atoms with E-state index in [1.54, 1.807) is 7.05 Å². The van der Waals surface area contributed by atoms with Crippen LogP contribution in [-0.4, -0.2) is 26.8 Å². The Kier molecular flexibility index (Phi) is 5.50. The van der Waals surface area contributed by atoms with Gasteiger partial charge < -0.3 is 10.5 Å². The van der Waals surface area contributed by atoms with Gasteiger partial charge in [-0.25, -0.2) is 4.68 Å².